The van der Waals surface area contributed by atoms with Crippen LogP contribution in [0.5, 0.6) is 0 Å². The number of alkyl halides is 3. The summed E-state index contributed by atoms with van der Waals surface area (Å²) in [7, 11) is 0. The molecule has 1 aromatic carbocycles. The summed E-state index contributed by atoms with van der Waals surface area (Å²) in [6.45, 7) is 13.0. The highest BCUT2D eigenvalue weighted by Crippen LogP contribution is 2.56. The van der Waals surface area contributed by atoms with E-state index in [1.807, 2.05) is 39.8 Å². The van der Waals surface area contributed by atoms with Crippen molar-refractivity contribution >= 4 is 52.2 Å². The van der Waals surface area contributed by atoms with Gasteiger partial charge in [-0.25, -0.2) is 4.99 Å². The number of halogens is 3. The molecular formula is C22H26Cl3NO2. The number of rotatable bonds is 1. The average molecular weight is 443 g/mol. The molecule has 0 aromatic heterocycles. The van der Waals surface area contributed by atoms with Crippen molar-refractivity contribution in [3.8, 4) is 0 Å². The molecule has 1 aliphatic carbocycles. The smallest absolute Gasteiger partial charge is 0.277 e. The molecule has 2 rings (SSSR count). The zero-order chi connectivity index (χ0) is 21.7. The molecule has 0 spiro atoms. The summed E-state index contributed by atoms with van der Waals surface area (Å²) in [4.78, 5) is 28.6. The van der Waals surface area contributed by atoms with E-state index in [-0.39, 0.29) is 11.5 Å². The molecule has 0 unspecified atom stereocenters. The van der Waals surface area contributed by atoms with Crippen LogP contribution >= 0.6 is 34.8 Å². The third kappa shape index (κ3) is 3.81. The number of benzene rings is 1. The number of ketones is 1. The van der Waals surface area contributed by atoms with E-state index in [0.29, 0.717) is 11.1 Å². The van der Waals surface area contributed by atoms with Crippen LogP contribution in [0.4, 0.5) is 0 Å². The summed E-state index contributed by atoms with van der Waals surface area (Å²) < 4.78 is -1.88. The van der Waals surface area contributed by atoms with Crippen LogP contribution in [0.2, 0.25) is 0 Å². The molecule has 1 amide bonds. The van der Waals surface area contributed by atoms with E-state index in [2.05, 4.69) is 4.99 Å². The number of carbonyl (C=O) groups excluding carboxylic acids is 2. The van der Waals surface area contributed by atoms with Crippen molar-refractivity contribution in [1.29, 1.82) is 0 Å². The summed E-state index contributed by atoms with van der Waals surface area (Å²) in [5.74, 6) is -0.839. The first-order valence-corrected chi connectivity index (χ1v) is 10.2. The average Bonchev–Trinajstić information content (AvgIpc) is 2.53. The predicted molar refractivity (Wildman–Crippen MR) is 118 cm³/mol. The summed E-state index contributed by atoms with van der Waals surface area (Å²) in [6.07, 6.45) is 1.51. The molecule has 28 heavy (non-hydrogen) atoms. The molecule has 0 radical (unpaired) electrons. The summed E-state index contributed by atoms with van der Waals surface area (Å²) >= 11 is 20.3. The third-order valence-electron chi connectivity index (χ3n) is 4.95. The Hall–Kier alpha value is -1.16. The van der Waals surface area contributed by atoms with Crippen LogP contribution in [-0.4, -0.2) is 26.6 Å². The standard InChI is InChI=1S/C22H26Cl3NO2/c1-13-8-10-14(11-9-13)18(28)26-16-12-15(19(2,3)4)17(27)21(23,20(5,6)7)22(16,24)25/h8-12H,1-7H3/t21-/m0/s1. The predicted octanol–water partition coefficient (Wildman–Crippen LogP) is 6.33. The molecular weight excluding hydrogens is 417 g/mol. The molecule has 0 aliphatic heterocycles. The fourth-order valence-electron chi connectivity index (χ4n) is 3.14. The monoisotopic (exact) mass is 441 g/mol. The molecule has 1 aliphatic rings. The van der Waals surface area contributed by atoms with Gasteiger partial charge in [0.2, 0.25) is 0 Å². The van der Waals surface area contributed by atoms with Gasteiger partial charge in [-0.1, -0.05) is 82.4 Å². The number of aryl methyl sites for hydroxylation is 1. The maximum atomic E-state index is 13.4. The molecule has 3 nitrogen and oxygen atoms in total. The number of nitrogens with zero attached hydrogens (tertiary/aromatic N) is 1. The lowest BCUT2D eigenvalue weighted by atomic mass is 9.65. The number of Topliss-reactive ketones (excluding diaryl/α,β-unsaturated/α-hetero) is 1. The van der Waals surface area contributed by atoms with Crippen molar-refractivity contribution < 1.29 is 9.59 Å². The first-order chi connectivity index (χ1) is 12.5. The Morgan fingerprint density at radius 3 is 1.89 bits per heavy atom. The number of aliphatic imine (C=N–C) groups is 1. The number of allylic oxidation sites excluding steroid dienone is 2. The van der Waals surface area contributed by atoms with Crippen molar-refractivity contribution in [3.05, 3.63) is 47.0 Å². The van der Waals surface area contributed by atoms with Crippen LogP contribution in [0.3, 0.4) is 0 Å². The van der Waals surface area contributed by atoms with Crippen molar-refractivity contribution in [2.45, 2.75) is 57.7 Å². The van der Waals surface area contributed by atoms with E-state index >= 15 is 0 Å². The lowest BCUT2D eigenvalue weighted by molar-refractivity contribution is -0.121. The molecule has 0 N–H and O–H groups in total. The number of hydrogen-bond acceptors (Lipinski definition) is 2. The van der Waals surface area contributed by atoms with Gasteiger partial charge in [0.05, 0.1) is 5.71 Å². The number of carbonyl (C=O) groups is 2. The van der Waals surface area contributed by atoms with Crippen molar-refractivity contribution in [2.24, 2.45) is 15.8 Å². The van der Waals surface area contributed by atoms with Crippen molar-refractivity contribution in [3.63, 3.8) is 0 Å². The Kier molecular flexibility index (Phi) is 6.00. The largest absolute Gasteiger partial charge is 0.292 e. The lowest BCUT2D eigenvalue weighted by Crippen LogP contribution is -2.63. The van der Waals surface area contributed by atoms with Crippen LogP contribution in [0.15, 0.2) is 40.9 Å². The van der Waals surface area contributed by atoms with E-state index in [0.717, 1.165) is 5.56 Å². The van der Waals surface area contributed by atoms with Crippen LogP contribution in [0, 0.1) is 17.8 Å². The molecule has 0 saturated carbocycles. The van der Waals surface area contributed by atoms with Gasteiger partial charge in [0.25, 0.3) is 5.91 Å². The quantitative estimate of drug-likeness (QED) is 0.477. The van der Waals surface area contributed by atoms with Gasteiger partial charge in [-0.05, 0) is 36.0 Å². The SMILES string of the molecule is Cc1ccc(C(=O)N=C2C=C(C(C)(C)C)C(=O)[C@](Cl)(C(C)(C)C)C2(Cl)Cl)cc1. The maximum Gasteiger partial charge on any atom is 0.277 e. The number of amides is 1. The molecule has 0 heterocycles. The van der Waals surface area contributed by atoms with E-state index in [1.54, 1.807) is 32.9 Å². The Morgan fingerprint density at radius 1 is 0.964 bits per heavy atom. The van der Waals surface area contributed by atoms with Crippen molar-refractivity contribution in [1.82, 2.24) is 0 Å². The lowest BCUT2D eigenvalue weighted by Gasteiger charge is -2.49. The van der Waals surface area contributed by atoms with Gasteiger partial charge in [0.15, 0.2) is 15.0 Å². The fourth-order valence-corrected chi connectivity index (χ4v) is 4.27. The molecule has 0 fully saturated rings. The zero-order valence-corrected chi connectivity index (χ0v) is 19.6. The van der Waals surface area contributed by atoms with Crippen LogP contribution in [-0.2, 0) is 4.79 Å². The Labute approximate surface area is 182 Å². The molecule has 1 aromatic rings. The molecule has 1 atom stereocenters. The summed E-state index contributed by atoms with van der Waals surface area (Å²) in [5, 5.41) is 0. The van der Waals surface area contributed by atoms with Crippen LogP contribution < -0.4 is 0 Å². The van der Waals surface area contributed by atoms with E-state index in [4.69, 9.17) is 34.8 Å². The number of hydrogen-bond donors (Lipinski definition) is 0. The van der Waals surface area contributed by atoms with Crippen molar-refractivity contribution in [2.75, 3.05) is 0 Å². The van der Waals surface area contributed by atoms with Gasteiger partial charge in [-0.15, -0.1) is 11.6 Å². The second-order valence-corrected chi connectivity index (χ2v) is 11.2. The van der Waals surface area contributed by atoms with Crippen LogP contribution in [0.25, 0.3) is 0 Å². The molecule has 0 saturated heterocycles. The Bertz CT molecular complexity index is 869. The van der Waals surface area contributed by atoms with Gasteiger partial charge in [-0.2, -0.15) is 0 Å². The van der Waals surface area contributed by atoms with Gasteiger partial charge >= 0.3 is 0 Å². The highest BCUT2D eigenvalue weighted by molar-refractivity contribution is 6.69. The van der Waals surface area contributed by atoms with E-state index in [9.17, 15) is 9.59 Å². The summed E-state index contributed by atoms with van der Waals surface area (Å²) in [5.41, 5.74) is 0.619. The minimum absolute atomic E-state index is 0.0795. The maximum absolute atomic E-state index is 13.4. The normalized spacial score (nSPS) is 24.3. The Balaban J connectivity index is 2.73. The van der Waals surface area contributed by atoms with E-state index in [1.165, 1.54) is 6.08 Å². The minimum Gasteiger partial charge on any atom is -0.292 e. The second-order valence-electron chi connectivity index (χ2n) is 9.29. The molecule has 6 heteroatoms. The first kappa shape index (κ1) is 23.1. The molecule has 0 bridgehead atoms. The van der Waals surface area contributed by atoms with Gasteiger partial charge in [-0.3, -0.25) is 9.59 Å². The minimum atomic E-state index is -1.88. The Morgan fingerprint density at radius 2 is 1.46 bits per heavy atom. The first-order valence-electron chi connectivity index (χ1n) is 9.07. The van der Waals surface area contributed by atoms with E-state index < -0.39 is 25.9 Å². The van der Waals surface area contributed by atoms with Gasteiger partial charge < -0.3 is 0 Å². The molecule has 152 valence electrons. The fraction of sp³-hybridized carbons (Fsp3) is 0.500. The highest BCUT2D eigenvalue weighted by Gasteiger charge is 2.66. The van der Waals surface area contributed by atoms with Gasteiger partial charge in [0, 0.05) is 11.1 Å². The second kappa shape index (κ2) is 7.27. The summed E-state index contributed by atoms with van der Waals surface area (Å²) in [6, 6.07) is 7.02. The van der Waals surface area contributed by atoms with Crippen LogP contribution in [0.1, 0.15) is 57.5 Å². The zero-order valence-electron chi connectivity index (χ0n) is 17.3. The topological polar surface area (TPSA) is 46.5 Å². The third-order valence-corrected chi connectivity index (χ3v) is 7.12. The van der Waals surface area contributed by atoms with Gasteiger partial charge in [0.1, 0.15) is 0 Å². The highest BCUT2D eigenvalue weighted by atomic mass is 35.5.